The van der Waals surface area contributed by atoms with Crippen molar-refractivity contribution in [2.45, 2.75) is 26.4 Å². The molecule has 0 amide bonds. The van der Waals surface area contributed by atoms with E-state index < -0.39 is 31.3 Å². The fourth-order valence-corrected chi connectivity index (χ4v) is 1.89. The lowest BCUT2D eigenvalue weighted by atomic mass is 9.80. The van der Waals surface area contributed by atoms with Crippen molar-refractivity contribution in [3.05, 3.63) is 23.8 Å². The summed E-state index contributed by atoms with van der Waals surface area (Å²) in [7, 11) is -4.38. The second-order valence-electron chi connectivity index (χ2n) is 4.66. The molecule has 0 fully saturated rings. The quantitative estimate of drug-likeness (QED) is 0.444. The number of aliphatic carboxylic acids is 2. The van der Waals surface area contributed by atoms with Gasteiger partial charge in [0.1, 0.15) is 6.10 Å². The fourth-order valence-electron chi connectivity index (χ4n) is 1.42. The third-order valence-electron chi connectivity index (χ3n) is 2.61. The molecule has 9 heteroatoms. The van der Waals surface area contributed by atoms with Gasteiger partial charge >= 0.3 is 19.8 Å². The standard InChI is InChI=1S/C9H10O4.C4H7O4P/c1-9(8(12)13)4-2-3-6(5-9)7(10)11;1-3-4(2)8-9(5,6)7/h2-4H,5H2,1H3,(H,10,11)(H,12,13);1,4H,2H3,(H2,5,6,7). The highest BCUT2D eigenvalue weighted by molar-refractivity contribution is 7.46. The first kappa shape index (κ1) is 20.1. The topological polar surface area (TPSA) is 141 Å². The minimum absolute atomic E-state index is 0.0359. The molecule has 1 rings (SSSR count). The molecule has 0 spiro atoms. The Labute approximate surface area is 127 Å². The summed E-state index contributed by atoms with van der Waals surface area (Å²) in [6.45, 7) is 2.88. The van der Waals surface area contributed by atoms with Crippen LogP contribution in [0.3, 0.4) is 0 Å². The molecule has 4 N–H and O–H groups in total. The SMILES string of the molecule is C#CC(C)OP(=O)(O)O.CC1(C(=O)O)C=CC=C(C(=O)O)C1. The number of hydrogen-bond donors (Lipinski definition) is 4. The van der Waals surface area contributed by atoms with E-state index in [0.29, 0.717) is 0 Å². The maximum atomic E-state index is 10.8. The molecule has 0 aromatic heterocycles. The molecule has 0 bridgehead atoms. The van der Waals surface area contributed by atoms with Gasteiger partial charge in [0.25, 0.3) is 0 Å². The van der Waals surface area contributed by atoms with E-state index >= 15 is 0 Å². The van der Waals surface area contributed by atoms with Gasteiger partial charge in [0.2, 0.25) is 0 Å². The zero-order valence-electron chi connectivity index (χ0n) is 12.0. The smallest absolute Gasteiger partial charge is 0.470 e. The molecule has 1 aliphatic rings. The van der Waals surface area contributed by atoms with E-state index in [1.807, 2.05) is 5.92 Å². The Kier molecular flexibility index (Phi) is 7.23. The Hall–Kier alpha value is -1.91. The van der Waals surface area contributed by atoms with Gasteiger partial charge in [-0.3, -0.25) is 9.32 Å². The second kappa shape index (κ2) is 7.92. The van der Waals surface area contributed by atoms with Crippen LogP contribution in [0, 0.1) is 17.8 Å². The second-order valence-corrected chi connectivity index (χ2v) is 5.85. The van der Waals surface area contributed by atoms with Gasteiger partial charge in [-0.05, 0) is 20.3 Å². The van der Waals surface area contributed by atoms with Gasteiger partial charge < -0.3 is 20.0 Å². The Morgan fingerprint density at radius 3 is 2.32 bits per heavy atom. The van der Waals surface area contributed by atoms with Gasteiger partial charge in [0.05, 0.1) is 5.41 Å². The number of phosphoric ester groups is 1. The number of rotatable bonds is 4. The average Bonchev–Trinajstić information content (AvgIpc) is 2.37. The molecule has 2 atom stereocenters. The van der Waals surface area contributed by atoms with Crippen molar-refractivity contribution >= 4 is 19.8 Å². The highest BCUT2D eigenvalue weighted by Gasteiger charge is 2.34. The summed E-state index contributed by atoms with van der Waals surface area (Å²) in [5.74, 6) is -0.0556. The van der Waals surface area contributed by atoms with Crippen LogP contribution in [0.1, 0.15) is 20.3 Å². The lowest BCUT2D eigenvalue weighted by Crippen LogP contribution is -2.28. The molecule has 0 aliphatic heterocycles. The molecule has 0 aromatic rings. The van der Waals surface area contributed by atoms with Gasteiger partial charge in [0, 0.05) is 5.57 Å². The maximum absolute atomic E-state index is 10.8. The summed E-state index contributed by atoms with van der Waals surface area (Å²) in [6.07, 6.45) is 8.35. The van der Waals surface area contributed by atoms with E-state index in [9.17, 15) is 14.2 Å². The van der Waals surface area contributed by atoms with E-state index in [-0.39, 0.29) is 12.0 Å². The Bertz CT molecular complexity index is 579. The molecule has 122 valence electrons. The molecule has 1 aliphatic carbocycles. The Morgan fingerprint density at radius 2 is 2.00 bits per heavy atom. The normalized spacial score (nSPS) is 21.7. The van der Waals surface area contributed by atoms with Gasteiger partial charge in [-0.1, -0.05) is 24.1 Å². The zero-order chi connectivity index (χ0) is 17.6. The highest BCUT2D eigenvalue weighted by atomic mass is 31.2. The summed E-state index contributed by atoms with van der Waals surface area (Å²) in [6, 6.07) is 0. The van der Waals surface area contributed by atoms with Crippen molar-refractivity contribution in [2.24, 2.45) is 5.41 Å². The van der Waals surface area contributed by atoms with Crippen LogP contribution in [0.5, 0.6) is 0 Å². The number of phosphoric acid groups is 1. The summed E-state index contributed by atoms with van der Waals surface area (Å²) >= 11 is 0. The minimum atomic E-state index is -4.38. The van der Waals surface area contributed by atoms with Crippen LogP contribution in [0.15, 0.2) is 23.8 Å². The monoisotopic (exact) mass is 332 g/mol. The van der Waals surface area contributed by atoms with E-state index in [0.717, 1.165) is 0 Å². The first-order valence-corrected chi connectivity index (χ1v) is 7.49. The average molecular weight is 332 g/mol. The van der Waals surface area contributed by atoms with E-state index in [1.54, 1.807) is 0 Å². The molecule has 0 heterocycles. The summed E-state index contributed by atoms with van der Waals surface area (Å²) in [4.78, 5) is 37.6. The van der Waals surface area contributed by atoms with Gasteiger partial charge in [-0.15, -0.1) is 6.42 Å². The molecule has 0 aromatic carbocycles. The first-order chi connectivity index (χ1) is 9.91. The number of carboxylic acids is 2. The molecular formula is C13H17O8P. The predicted octanol–water partition coefficient (Wildman–Crippen LogP) is 1.17. The lowest BCUT2D eigenvalue weighted by molar-refractivity contribution is -0.145. The summed E-state index contributed by atoms with van der Waals surface area (Å²) < 4.78 is 14.0. The largest absolute Gasteiger partial charge is 0.481 e. The number of terminal acetylenes is 1. The van der Waals surface area contributed by atoms with Crippen LogP contribution in [0.2, 0.25) is 0 Å². The fraction of sp³-hybridized carbons (Fsp3) is 0.385. The van der Waals surface area contributed by atoms with Crippen LogP contribution in [-0.4, -0.2) is 38.0 Å². The van der Waals surface area contributed by atoms with E-state index in [4.69, 9.17) is 26.4 Å². The molecule has 0 radical (unpaired) electrons. The minimum Gasteiger partial charge on any atom is -0.481 e. The van der Waals surface area contributed by atoms with Crippen LogP contribution >= 0.6 is 7.82 Å². The third kappa shape index (κ3) is 7.20. The Morgan fingerprint density at radius 1 is 1.45 bits per heavy atom. The van der Waals surface area contributed by atoms with Crippen LogP contribution in [0.25, 0.3) is 0 Å². The van der Waals surface area contributed by atoms with Crippen LogP contribution in [-0.2, 0) is 18.7 Å². The molecule has 2 unspecified atom stereocenters. The lowest BCUT2D eigenvalue weighted by Gasteiger charge is -2.23. The first-order valence-electron chi connectivity index (χ1n) is 5.96. The van der Waals surface area contributed by atoms with Crippen LogP contribution in [0.4, 0.5) is 0 Å². The number of allylic oxidation sites excluding steroid dienone is 2. The van der Waals surface area contributed by atoms with Gasteiger partial charge in [-0.25, -0.2) is 9.36 Å². The molecule has 0 saturated heterocycles. The number of hydrogen-bond acceptors (Lipinski definition) is 4. The van der Waals surface area contributed by atoms with Crippen molar-refractivity contribution in [1.82, 2.24) is 0 Å². The molecule has 8 nitrogen and oxygen atoms in total. The van der Waals surface area contributed by atoms with Crippen LogP contribution < -0.4 is 0 Å². The van der Waals surface area contributed by atoms with Crippen molar-refractivity contribution in [2.75, 3.05) is 0 Å². The molecule has 22 heavy (non-hydrogen) atoms. The van der Waals surface area contributed by atoms with Crippen molar-refractivity contribution in [1.29, 1.82) is 0 Å². The summed E-state index contributed by atoms with van der Waals surface area (Å²) in [5.41, 5.74) is -0.949. The van der Waals surface area contributed by atoms with Gasteiger partial charge in [0.15, 0.2) is 0 Å². The maximum Gasteiger partial charge on any atom is 0.470 e. The number of carboxylic acid groups (broad SMARTS) is 2. The highest BCUT2D eigenvalue weighted by Crippen LogP contribution is 2.37. The molecule has 0 saturated carbocycles. The van der Waals surface area contributed by atoms with Crippen molar-refractivity contribution in [3.63, 3.8) is 0 Å². The van der Waals surface area contributed by atoms with Gasteiger partial charge in [-0.2, -0.15) is 0 Å². The Balaban J connectivity index is 0.000000433. The van der Waals surface area contributed by atoms with E-state index in [1.165, 1.54) is 32.1 Å². The zero-order valence-corrected chi connectivity index (χ0v) is 12.9. The van der Waals surface area contributed by atoms with E-state index in [2.05, 4.69) is 4.52 Å². The predicted molar refractivity (Wildman–Crippen MR) is 76.6 cm³/mol. The number of carbonyl (C=O) groups is 2. The third-order valence-corrected chi connectivity index (χ3v) is 3.20. The van der Waals surface area contributed by atoms with Crippen molar-refractivity contribution in [3.8, 4) is 12.3 Å². The summed E-state index contributed by atoms with van der Waals surface area (Å²) in [5, 5.41) is 17.5. The van der Waals surface area contributed by atoms with Crippen molar-refractivity contribution < 1.29 is 38.7 Å². The molecular weight excluding hydrogens is 315 g/mol.